The molecule has 0 saturated carbocycles. The molecule has 2 amide bonds. The Balaban J connectivity index is 1.71. The Morgan fingerprint density at radius 2 is 2.17 bits per heavy atom. The van der Waals surface area contributed by atoms with Crippen molar-refractivity contribution in [1.82, 2.24) is 10.2 Å². The maximum Gasteiger partial charge on any atom is 0.230 e. The molecule has 0 fully saturated rings. The van der Waals surface area contributed by atoms with Crippen LogP contribution in [0.1, 0.15) is 36.7 Å². The Morgan fingerprint density at radius 3 is 2.88 bits per heavy atom. The van der Waals surface area contributed by atoms with E-state index in [1.165, 1.54) is 0 Å². The molecule has 0 unspecified atom stereocenters. The number of hydrogen-bond acceptors (Lipinski definition) is 3. The topological polar surface area (TPSA) is 78.1 Å². The van der Waals surface area contributed by atoms with Gasteiger partial charge in [-0.1, -0.05) is 6.92 Å². The maximum absolute atomic E-state index is 12.1. The molecule has 0 radical (unpaired) electrons. The van der Waals surface area contributed by atoms with Gasteiger partial charge in [0, 0.05) is 30.0 Å². The fraction of sp³-hybridized carbons (Fsp3) is 0.389. The average molecular weight is 326 g/mol. The quantitative estimate of drug-likeness (QED) is 0.886. The summed E-state index contributed by atoms with van der Waals surface area (Å²) in [5.74, 6) is 0.0776. The minimum Gasteiger partial charge on any atom is -0.326 e. The van der Waals surface area contributed by atoms with Gasteiger partial charge in [-0.2, -0.15) is 5.10 Å². The van der Waals surface area contributed by atoms with Gasteiger partial charge in [0.25, 0.3) is 0 Å². The number of amides is 2. The van der Waals surface area contributed by atoms with Gasteiger partial charge in [0.05, 0.1) is 12.1 Å². The molecule has 24 heavy (non-hydrogen) atoms. The lowest BCUT2D eigenvalue weighted by atomic mass is 10.00. The fourth-order valence-corrected chi connectivity index (χ4v) is 3.04. The van der Waals surface area contributed by atoms with E-state index in [4.69, 9.17) is 0 Å². The maximum atomic E-state index is 12.1. The predicted octanol–water partition coefficient (Wildman–Crippen LogP) is 2.59. The first-order valence-electron chi connectivity index (χ1n) is 8.31. The molecule has 0 bridgehead atoms. The normalized spacial score (nSPS) is 13.8. The lowest BCUT2D eigenvalue weighted by Crippen LogP contribution is -2.35. The van der Waals surface area contributed by atoms with Gasteiger partial charge in [0.1, 0.15) is 0 Å². The molecule has 0 spiro atoms. The Kier molecular flexibility index (Phi) is 4.64. The number of aryl methyl sites for hydroxylation is 2. The smallest absolute Gasteiger partial charge is 0.230 e. The second-order valence-electron chi connectivity index (χ2n) is 6.16. The molecule has 6 heteroatoms. The summed E-state index contributed by atoms with van der Waals surface area (Å²) in [4.78, 5) is 26.1. The lowest BCUT2D eigenvalue weighted by Gasteiger charge is -2.29. The van der Waals surface area contributed by atoms with Gasteiger partial charge < -0.3 is 10.2 Å². The van der Waals surface area contributed by atoms with E-state index in [1.54, 1.807) is 0 Å². The van der Waals surface area contributed by atoms with E-state index in [9.17, 15) is 9.59 Å². The molecule has 2 N–H and O–H groups in total. The van der Waals surface area contributed by atoms with Crippen molar-refractivity contribution in [3.63, 3.8) is 0 Å². The molecule has 3 rings (SSSR count). The second-order valence-corrected chi connectivity index (χ2v) is 6.16. The van der Waals surface area contributed by atoms with E-state index in [-0.39, 0.29) is 18.2 Å². The predicted molar refractivity (Wildman–Crippen MR) is 93.1 cm³/mol. The van der Waals surface area contributed by atoms with Crippen LogP contribution >= 0.6 is 0 Å². The highest BCUT2D eigenvalue weighted by molar-refractivity contribution is 5.97. The summed E-state index contributed by atoms with van der Waals surface area (Å²) in [7, 11) is 0. The Morgan fingerprint density at radius 1 is 1.33 bits per heavy atom. The number of nitrogens with one attached hydrogen (secondary N) is 2. The third-order valence-corrected chi connectivity index (χ3v) is 4.11. The average Bonchev–Trinajstić information content (AvgIpc) is 2.95. The number of hydrogen-bond donors (Lipinski definition) is 2. The van der Waals surface area contributed by atoms with Gasteiger partial charge in [-0.15, -0.1) is 0 Å². The van der Waals surface area contributed by atoms with E-state index in [1.807, 2.05) is 36.1 Å². The molecule has 1 aromatic carbocycles. The SMILES string of the molecule is CCCN1C(=O)CCc2cc(NC(=O)Cc3cc(C)[nH]n3)ccc21. The number of aromatic nitrogens is 2. The summed E-state index contributed by atoms with van der Waals surface area (Å²) < 4.78 is 0. The number of H-pyrrole nitrogens is 1. The molecule has 2 heterocycles. The molecule has 0 atom stereocenters. The van der Waals surface area contributed by atoms with Gasteiger partial charge in [-0.25, -0.2) is 0 Å². The standard InChI is InChI=1S/C18H22N4O2/c1-3-8-22-16-6-5-14(10-13(16)4-7-18(22)24)19-17(23)11-15-9-12(2)20-21-15/h5-6,9-10H,3-4,7-8,11H2,1-2H3,(H,19,23)(H,20,21). The first-order chi connectivity index (χ1) is 11.6. The minimum absolute atomic E-state index is 0.0984. The van der Waals surface area contributed by atoms with Crippen molar-refractivity contribution in [2.75, 3.05) is 16.8 Å². The van der Waals surface area contributed by atoms with Crippen LogP contribution in [-0.2, 0) is 22.4 Å². The Bertz CT molecular complexity index is 766. The van der Waals surface area contributed by atoms with Crippen molar-refractivity contribution < 1.29 is 9.59 Å². The third kappa shape index (κ3) is 3.48. The lowest BCUT2D eigenvalue weighted by molar-refractivity contribution is -0.119. The van der Waals surface area contributed by atoms with Gasteiger partial charge in [0.15, 0.2) is 0 Å². The molecule has 126 valence electrons. The minimum atomic E-state index is -0.0984. The molecule has 0 saturated heterocycles. The number of aromatic amines is 1. The molecule has 1 aromatic heterocycles. The van der Waals surface area contributed by atoms with Crippen molar-refractivity contribution in [3.8, 4) is 0 Å². The van der Waals surface area contributed by atoms with Crippen LogP contribution in [0, 0.1) is 6.92 Å². The summed E-state index contributed by atoms with van der Waals surface area (Å²) in [5, 5.41) is 9.82. The molecular formula is C18H22N4O2. The first kappa shape index (κ1) is 16.2. The number of carbonyl (C=O) groups excluding carboxylic acids is 2. The van der Waals surface area contributed by atoms with E-state index in [2.05, 4.69) is 22.4 Å². The van der Waals surface area contributed by atoms with Crippen molar-refractivity contribution >= 4 is 23.2 Å². The Labute approximate surface area is 141 Å². The molecule has 1 aliphatic heterocycles. The fourth-order valence-electron chi connectivity index (χ4n) is 3.04. The number of nitrogens with zero attached hydrogens (tertiary/aromatic N) is 2. The van der Waals surface area contributed by atoms with Crippen LogP contribution in [0.2, 0.25) is 0 Å². The molecule has 2 aromatic rings. The van der Waals surface area contributed by atoms with Crippen LogP contribution in [0.15, 0.2) is 24.3 Å². The van der Waals surface area contributed by atoms with Crippen molar-refractivity contribution in [1.29, 1.82) is 0 Å². The zero-order valence-electron chi connectivity index (χ0n) is 14.1. The number of fused-ring (bicyclic) bond motifs is 1. The van der Waals surface area contributed by atoms with E-state index < -0.39 is 0 Å². The monoisotopic (exact) mass is 326 g/mol. The largest absolute Gasteiger partial charge is 0.326 e. The summed E-state index contributed by atoms with van der Waals surface area (Å²) in [6, 6.07) is 7.61. The number of anilines is 2. The number of carbonyl (C=O) groups is 2. The van der Waals surface area contributed by atoms with Crippen molar-refractivity contribution in [2.45, 2.75) is 39.5 Å². The zero-order chi connectivity index (χ0) is 17.1. The highest BCUT2D eigenvalue weighted by Crippen LogP contribution is 2.30. The van der Waals surface area contributed by atoms with Crippen molar-refractivity contribution in [2.24, 2.45) is 0 Å². The van der Waals surface area contributed by atoms with Gasteiger partial charge in [-0.3, -0.25) is 14.7 Å². The summed E-state index contributed by atoms with van der Waals surface area (Å²) >= 11 is 0. The van der Waals surface area contributed by atoms with Crippen LogP contribution < -0.4 is 10.2 Å². The van der Waals surface area contributed by atoms with E-state index in [0.717, 1.165) is 47.7 Å². The molecule has 6 nitrogen and oxygen atoms in total. The summed E-state index contributed by atoms with van der Waals surface area (Å²) in [6.45, 7) is 4.70. The summed E-state index contributed by atoms with van der Waals surface area (Å²) in [6.07, 6.45) is 2.40. The van der Waals surface area contributed by atoms with Gasteiger partial charge in [0.2, 0.25) is 11.8 Å². The Hall–Kier alpha value is -2.63. The van der Waals surface area contributed by atoms with E-state index >= 15 is 0 Å². The van der Waals surface area contributed by atoms with Crippen LogP contribution in [0.4, 0.5) is 11.4 Å². The third-order valence-electron chi connectivity index (χ3n) is 4.11. The van der Waals surface area contributed by atoms with Crippen LogP contribution in [0.5, 0.6) is 0 Å². The number of benzene rings is 1. The zero-order valence-corrected chi connectivity index (χ0v) is 14.1. The summed E-state index contributed by atoms with van der Waals surface area (Å²) in [5.41, 5.74) is 4.50. The molecule has 0 aliphatic carbocycles. The van der Waals surface area contributed by atoms with Gasteiger partial charge in [-0.05, 0) is 49.6 Å². The molecular weight excluding hydrogens is 304 g/mol. The van der Waals surface area contributed by atoms with Crippen LogP contribution in [0.3, 0.4) is 0 Å². The van der Waals surface area contributed by atoms with Crippen molar-refractivity contribution in [3.05, 3.63) is 41.2 Å². The highest BCUT2D eigenvalue weighted by atomic mass is 16.2. The highest BCUT2D eigenvalue weighted by Gasteiger charge is 2.23. The van der Waals surface area contributed by atoms with E-state index in [0.29, 0.717) is 6.42 Å². The van der Waals surface area contributed by atoms with Crippen LogP contribution in [-0.4, -0.2) is 28.6 Å². The van der Waals surface area contributed by atoms with Crippen LogP contribution in [0.25, 0.3) is 0 Å². The first-order valence-corrected chi connectivity index (χ1v) is 8.31. The van der Waals surface area contributed by atoms with Gasteiger partial charge >= 0.3 is 0 Å². The molecule has 1 aliphatic rings. The second kappa shape index (κ2) is 6.86. The number of rotatable bonds is 5.